The van der Waals surface area contributed by atoms with Gasteiger partial charge in [-0.15, -0.1) is 0 Å². The smallest absolute Gasteiger partial charge is 0.304 e. The molecule has 0 radical (unpaired) electrons. The van der Waals surface area contributed by atoms with Crippen LogP contribution in [-0.4, -0.2) is 70.7 Å². The molecule has 0 spiro atoms. The molecule has 0 aliphatic carbocycles. The number of carbonyl (C=O) groups excluding carboxylic acids is 1. The molecular formula is C13H26N2O4. The second-order valence-corrected chi connectivity index (χ2v) is 4.42. The first-order chi connectivity index (χ1) is 8.99. The molecule has 0 fully saturated rings. The van der Waals surface area contributed by atoms with Crippen molar-refractivity contribution < 1.29 is 19.8 Å². The van der Waals surface area contributed by atoms with Gasteiger partial charge in [0.25, 0.3) is 0 Å². The Morgan fingerprint density at radius 2 is 1.74 bits per heavy atom. The molecule has 0 heterocycles. The van der Waals surface area contributed by atoms with E-state index in [0.717, 1.165) is 0 Å². The molecule has 0 aromatic carbocycles. The summed E-state index contributed by atoms with van der Waals surface area (Å²) in [5.41, 5.74) is 0. The van der Waals surface area contributed by atoms with E-state index in [2.05, 4.69) is 0 Å². The van der Waals surface area contributed by atoms with Crippen molar-refractivity contribution in [3.63, 3.8) is 0 Å². The molecule has 2 N–H and O–H groups in total. The van der Waals surface area contributed by atoms with E-state index >= 15 is 0 Å². The summed E-state index contributed by atoms with van der Waals surface area (Å²) < 4.78 is 0. The lowest BCUT2D eigenvalue weighted by Gasteiger charge is -2.30. The number of carboxylic acid groups (broad SMARTS) is 1. The molecule has 112 valence electrons. The van der Waals surface area contributed by atoms with E-state index in [0.29, 0.717) is 19.5 Å². The summed E-state index contributed by atoms with van der Waals surface area (Å²) in [7, 11) is 0. The highest BCUT2D eigenvalue weighted by Gasteiger charge is 2.21. The SMILES string of the molecule is CCC(CO)N(CCC(=O)O)CC(=O)N(CC)CC. The molecule has 0 saturated carbocycles. The number of likely N-dealkylation sites (N-methyl/N-ethyl adjacent to an activating group) is 1. The Kier molecular flexibility index (Phi) is 9.16. The molecule has 6 heteroatoms. The Balaban J connectivity index is 4.63. The minimum Gasteiger partial charge on any atom is -0.481 e. The quantitative estimate of drug-likeness (QED) is 0.603. The standard InChI is InChI=1S/C13H26N2O4/c1-4-11(10-16)15(8-7-13(18)19)9-12(17)14(5-2)6-3/h11,16H,4-10H2,1-3H3,(H,18,19). The number of aliphatic hydroxyl groups excluding tert-OH is 1. The van der Waals surface area contributed by atoms with E-state index in [1.807, 2.05) is 20.8 Å². The van der Waals surface area contributed by atoms with Gasteiger partial charge in [0.05, 0.1) is 19.6 Å². The summed E-state index contributed by atoms with van der Waals surface area (Å²) in [6.07, 6.45) is 0.656. The molecule has 0 aromatic heterocycles. The predicted molar refractivity (Wildman–Crippen MR) is 72.9 cm³/mol. The first-order valence-electron chi connectivity index (χ1n) is 6.84. The van der Waals surface area contributed by atoms with Crippen LogP contribution in [0.5, 0.6) is 0 Å². The van der Waals surface area contributed by atoms with Crippen molar-refractivity contribution >= 4 is 11.9 Å². The van der Waals surface area contributed by atoms with Crippen molar-refractivity contribution in [1.29, 1.82) is 0 Å². The van der Waals surface area contributed by atoms with Crippen LogP contribution < -0.4 is 0 Å². The van der Waals surface area contributed by atoms with Gasteiger partial charge in [0.2, 0.25) is 5.91 Å². The van der Waals surface area contributed by atoms with E-state index in [1.165, 1.54) is 0 Å². The third-order valence-corrected chi connectivity index (χ3v) is 3.27. The molecule has 0 bridgehead atoms. The van der Waals surface area contributed by atoms with Crippen LogP contribution in [0.15, 0.2) is 0 Å². The van der Waals surface area contributed by atoms with Gasteiger partial charge in [0.1, 0.15) is 0 Å². The van der Waals surface area contributed by atoms with Crippen LogP contribution >= 0.6 is 0 Å². The van der Waals surface area contributed by atoms with Gasteiger partial charge in [-0.3, -0.25) is 14.5 Å². The number of aliphatic hydroxyl groups is 1. The van der Waals surface area contributed by atoms with Gasteiger partial charge in [-0.2, -0.15) is 0 Å². The van der Waals surface area contributed by atoms with Crippen LogP contribution in [0.2, 0.25) is 0 Å². The first-order valence-corrected chi connectivity index (χ1v) is 6.84. The summed E-state index contributed by atoms with van der Waals surface area (Å²) in [6, 6.07) is -0.168. The third-order valence-electron chi connectivity index (χ3n) is 3.27. The molecule has 0 aromatic rings. The van der Waals surface area contributed by atoms with E-state index in [9.17, 15) is 14.7 Å². The average Bonchev–Trinajstić information content (AvgIpc) is 2.38. The molecule has 1 atom stereocenters. The van der Waals surface area contributed by atoms with Gasteiger partial charge in [0, 0.05) is 25.7 Å². The van der Waals surface area contributed by atoms with Crippen molar-refractivity contribution in [3.05, 3.63) is 0 Å². The van der Waals surface area contributed by atoms with Gasteiger partial charge in [0.15, 0.2) is 0 Å². The minimum absolute atomic E-state index is 0.0257. The van der Waals surface area contributed by atoms with Crippen LogP contribution in [0, 0.1) is 0 Å². The second-order valence-electron chi connectivity index (χ2n) is 4.42. The third kappa shape index (κ3) is 6.54. The van der Waals surface area contributed by atoms with Crippen molar-refractivity contribution in [2.75, 3.05) is 32.8 Å². The summed E-state index contributed by atoms with van der Waals surface area (Å²) >= 11 is 0. The van der Waals surface area contributed by atoms with Crippen molar-refractivity contribution in [3.8, 4) is 0 Å². The highest BCUT2D eigenvalue weighted by molar-refractivity contribution is 5.78. The summed E-state index contributed by atoms with van der Waals surface area (Å²) in [5, 5.41) is 18.1. The predicted octanol–water partition coefficient (Wildman–Crippen LogP) is 0.402. The molecule has 0 aliphatic rings. The summed E-state index contributed by atoms with van der Waals surface area (Å²) in [5.74, 6) is -0.921. The van der Waals surface area contributed by atoms with Gasteiger partial charge < -0.3 is 15.1 Å². The van der Waals surface area contributed by atoms with Crippen LogP contribution in [0.3, 0.4) is 0 Å². The molecule has 0 aliphatic heterocycles. The van der Waals surface area contributed by atoms with Gasteiger partial charge in [-0.05, 0) is 20.3 Å². The molecular weight excluding hydrogens is 248 g/mol. The molecule has 0 saturated heterocycles. The molecule has 1 amide bonds. The highest BCUT2D eigenvalue weighted by Crippen LogP contribution is 2.06. The lowest BCUT2D eigenvalue weighted by Crippen LogP contribution is -2.46. The van der Waals surface area contributed by atoms with Crippen molar-refractivity contribution in [2.24, 2.45) is 0 Å². The van der Waals surface area contributed by atoms with Crippen LogP contribution in [0.4, 0.5) is 0 Å². The Morgan fingerprint density at radius 3 is 2.11 bits per heavy atom. The maximum absolute atomic E-state index is 12.1. The molecule has 6 nitrogen and oxygen atoms in total. The second kappa shape index (κ2) is 9.75. The molecule has 1 unspecified atom stereocenters. The number of aliphatic carboxylic acids is 1. The highest BCUT2D eigenvalue weighted by atomic mass is 16.4. The maximum Gasteiger partial charge on any atom is 0.304 e. The fraction of sp³-hybridized carbons (Fsp3) is 0.846. The molecule has 19 heavy (non-hydrogen) atoms. The lowest BCUT2D eigenvalue weighted by atomic mass is 10.2. The van der Waals surface area contributed by atoms with Gasteiger partial charge >= 0.3 is 5.97 Å². The van der Waals surface area contributed by atoms with Crippen LogP contribution in [0.25, 0.3) is 0 Å². The molecule has 0 rings (SSSR count). The van der Waals surface area contributed by atoms with E-state index in [-0.39, 0.29) is 38.1 Å². The zero-order valence-corrected chi connectivity index (χ0v) is 12.1. The average molecular weight is 274 g/mol. The number of rotatable bonds is 10. The van der Waals surface area contributed by atoms with E-state index < -0.39 is 5.97 Å². The zero-order chi connectivity index (χ0) is 14.8. The summed E-state index contributed by atoms with van der Waals surface area (Å²) in [6.45, 7) is 7.38. The van der Waals surface area contributed by atoms with E-state index in [4.69, 9.17) is 5.11 Å². The van der Waals surface area contributed by atoms with Crippen LogP contribution in [-0.2, 0) is 9.59 Å². The number of carboxylic acids is 1. The fourth-order valence-electron chi connectivity index (χ4n) is 1.98. The number of carbonyl (C=O) groups is 2. The lowest BCUT2D eigenvalue weighted by molar-refractivity contribution is -0.139. The zero-order valence-electron chi connectivity index (χ0n) is 12.1. The van der Waals surface area contributed by atoms with Crippen molar-refractivity contribution in [1.82, 2.24) is 9.80 Å². The van der Waals surface area contributed by atoms with Gasteiger partial charge in [-0.1, -0.05) is 6.92 Å². The Hall–Kier alpha value is -1.14. The maximum atomic E-state index is 12.1. The number of nitrogens with zero attached hydrogens (tertiary/aromatic N) is 2. The minimum atomic E-state index is -0.895. The Bertz CT molecular complexity index is 276. The first kappa shape index (κ1) is 17.9. The number of hydrogen-bond donors (Lipinski definition) is 2. The van der Waals surface area contributed by atoms with Crippen molar-refractivity contribution in [2.45, 2.75) is 39.7 Å². The summed E-state index contributed by atoms with van der Waals surface area (Å²) in [4.78, 5) is 26.2. The van der Waals surface area contributed by atoms with Gasteiger partial charge in [-0.25, -0.2) is 0 Å². The van der Waals surface area contributed by atoms with E-state index in [1.54, 1.807) is 9.80 Å². The number of amides is 1. The topological polar surface area (TPSA) is 81.1 Å². The monoisotopic (exact) mass is 274 g/mol. The number of hydrogen-bond acceptors (Lipinski definition) is 4. The largest absolute Gasteiger partial charge is 0.481 e. The Morgan fingerprint density at radius 1 is 1.16 bits per heavy atom. The Labute approximate surface area is 115 Å². The normalized spacial score (nSPS) is 12.5. The fourth-order valence-corrected chi connectivity index (χ4v) is 1.98. The van der Waals surface area contributed by atoms with Crippen LogP contribution in [0.1, 0.15) is 33.6 Å².